The topological polar surface area (TPSA) is 63.7 Å². The predicted molar refractivity (Wildman–Crippen MR) is 106 cm³/mol. The second-order valence-electron chi connectivity index (χ2n) is 6.65. The van der Waals surface area contributed by atoms with Crippen LogP contribution in [-0.4, -0.2) is 25.0 Å². The lowest BCUT2D eigenvalue weighted by Crippen LogP contribution is -2.28. The van der Waals surface area contributed by atoms with Crippen molar-refractivity contribution in [2.24, 2.45) is 0 Å². The number of nitrogens with zero attached hydrogens (tertiary/aromatic N) is 1. The van der Waals surface area contributed by atoms with Gasteiger partial charge >= 0.3 is 0 Å². The van der Waals surface area contributed by atoms with E-state index in [1.165, 1.54) is 4.90 Å². The highest BCUT2D eigenvalue weighted by Gasteiger charge is 2.44. The van der Waals surface area contributed by atoms with E-state index >= 15 is 0 Å². The van der Waals surface area contributed by atoms with Crippen LogP contribution in [-0.2, 0) is 21.2 Å². The first-order valence-electron chi connectivity index (χ1n) is 8.91. The van der Waals surface area contributed by atoms with E-state index in [1.54, 1.807) is 24.3 Å². The van der Waals surface area contributed by atoms with Crippen LogP contribution in [0.3, 0.4) is 0 Å². The minimum absolute atomic E-state index is 0.256. The molecular weight excluding hydrogens is 374 g/mol. The zero-order chi connectivity index (χ0) is 19.6. The summed E-state index contributed by atoms with van der Waals surface area (Å²) in [6.07, 6.45) is 0. The number of rotatable bonds is 5. The molecule has 4 rings (SSSR count). The molecule has 1 heterocycles. The van der Waals surface area contributed by atoms with Crippen LogP contribution in [0.25, 0.3) is 0 Å². The number of amides is 1. The summed E-state index contributed by atoms with van der Waals surface area (Å²) in [6, 6.07) is 25.6. The summed E-state index contributed by atoms with van der Waals surface area (Å²) < 4.78 is 31.1. The van der Waals surface area contributed by atoms with Crippen molar-refractivity contribution < 1.29 is 17.9 Å². The highest BCUT2D eigenvalue weighted by Crippen LogP contribution is 2.35. The number of hydrogen-bond donors (Lipinski definition) is 0. The van der Waals surface area contributed by atoms with Crippen LogP contribution in [0.2, 0.25) is 0 Å². The van der Waals surface area contributed by atoms with Crippen LogP contribution >= 0.6 is 0 Å². The second-order valence-corrected chi connectivity index (χ2v) is 8.71. The molecule has 0 spiro atoms. The molecule has 6 heteroatoms. The smallest absolute Gasteiger partial charge is 0.239 e. The number of benzene rings is 3. The van der Waals surface area contributed by atoms with E-state index in [9.17, 15) is 13.2 Å². The van der Waals surface area contributed by atoms with Gasteiger partial charge in [-0.2, -0.15) is 0 Å². The van der Waals surface area contributed by atoms with E-state index in [0.29, 0.717) is 17.1 Å². The molecule has 0 aliphatic carbocycles. The van der Waals surface area contributed by atoms with Crippen molar-refractivity contribution in [2.45, 2.75) is 11.9 Å². The lowest BCUT2D eigenvalue weighted by molar-refractivity contribution is -0.128. The minimum atomic E-state index is -3.59. The van der Waals surface area contributed by atoms with E-state index in [1.807, 2.05) is 60.7 Å². The van der Waals surface area contributed by atoms with Crippen molar-refractivity contribution in [2.75, 3.05) is 5.75 Å². The summed E-state index contributed by atoms with van der Waals surface area (Å²) in [7, 11) is -3.59. The Hall–Kier alpha value is -3.12. The molecule has 1 atom stereocenters. The number of ether oxygens (including phenoxy) is 1. The van der Waals surface area contributed by atoms with Gasteiger partial charge in [-0.1, -0.05) is 60.7 Å². The fourth-order valence-corrected chi connectivity index (χ4v) is 5.14. The van der Waals surface area contributed by atoms with Crippen molar-refractivity contribution in [1.29, 1.82) is 0 Å². The maximum Gasteiger partial charge on any atom is 0.239 e. The van der Waals surface area contributed by atoms with Gasteiger partial charge in [0.15, 0.2) is 15.2 Å². The third-order valence-corrected chi connectivity index (χ3v) is 6.46. The summed E-state index contributed by atoms with van der Waals surface area (Å²) in [6.45, 7) is 0.256. The standard InChI is InChI=1S/C22H19NO4S/c24-21-16-28(25,26)22(23(21)15-17-7-3-1-4-8-17)18-11-13-20(14-12-18)27-19-9-5-2-6-10-19/h1-14,22H,15-16H2. The molecule has 1 aliphatic rings. The first-order chi connectivity index (χ1) is 13.5. The summed E-state index contributed by atoms with van der Waals surface area (Å²) in [5.41, 5.74) is 1.45. The molecule has 1 aliphatic heterocycles. The molecule has 0 saturated carbocycles. The summed E-state index contributed by atoms with van der Waals surface area (Å²) in [4.78, 5) is 13.8. The Bertz CT molecular complexity index is 1060. The number of hydrogen-bond acceptors (Lipinski definition) is 4. The van der Waals surface area contributed by atoms with Crippen molar-refractivity contribution in [3.05, 3.63) is 96.1 Å². The van der Waals surface area contributed by atoms with Crippen LogP contribution < -0.4 is 4.74 Å². The fourth-order valence-electron chi connectivity index (χ4n) is 3.32. The molecule has 0 N–H and O–H groups in total. The van der Waals surface area contributed by atoms with Crippen LogP contribution in [0.4, 0.5) is 0 Å². The highest BCUT2D eigenvalue weighted by molar-refractivity contribution is 7.92. The minimum Gasteiger partial charge on any atom is -0.457 e. The SMILES string of the molecule is O=C1CS(=O)(=O)C(c2ccc(Oc3ccccc3)cc2)N1Cc1ccccc1. The van der Waals surface area contributed by atoms with E-state index < -0.39 is 21.0 Å². The van der Waals surface area contributed by atoms with E-state index in [2.05, 4.69) is 0 Å². The van der Waals surface area contributed by atoms with E-state index in [4.69, 9.17) is 4.74 Å². The van der Waals surface area contributed by atoms with Crippen LogP contribution in [0, 0.1) is 0 Å². The van der Waals surface area contributed by atoms with Crippen molar-refractivity contribution >= 4 is 15.7 Å². The first kappa shape index (κ1) is 18.3. The maximum atomic E-state index is 12.7. The number of sulfone groups is 1. The van der Waals surface area contributed by atoms with Crippen LogP contribution in [0.1, 0.15) is 16.5 Å². The molecule has 0 bridgehead atoms. The lowest BCUT2D eigenvalue weighted by atomic mass is 10.1. The normalized spacial score (nSPS) is 18.2. The summed E-state index contributed by atoms with van der Waals surface area (Å²) >= 11 is 0. The third kappa shape index (κ3) is 3.77. The largest absolute Gasteiger partial charge is 0.457 e. The molecule has 1 saturated heterocycles. The van der Waals surface area contributed by atoms with Gasteiger partial charge < -0.3 is 9.64 Å². The molecule has 142 valence electrons. The van der Waals surface area contributed by atoms with Gasteiger partial charge in [-0.25, -0.2) is 8.42 Å². The Labute approximate surface area is 164 Å². The molecule has 1 unspecified atom stereocenters. The highest BCUT2D eigenvalue weighted by atomic mass is 32.2. The number of para-hydroxylation sites is 1. The Kier molecular flexibility index (Phi) is 4.88. The Morgan fingerprint density at radius 1 is 0.821 bits per heavy atom. The Morgan fingerprint density at radius 2 is 1.39 bits per heavy atom. The predicted octanol–water partition coefficient (Wildman–Crippen LogP) is 3.93. The monoisotopic (exact) mass is 393 g/mol. The molecule has 3 aromatic carbocycles. The van der Waals surface area contributed by atoms with Crippen molar-refractivity contribution in [1.82, 2.24) is 4.90 Å². The molecule has 1 amide bonds. The quantitative estimate of drug-likeness (QED) is 0.659. The Morgan fingerprint density at radius 3 is 2.04 bits per heavy atom. The number of carbonyl (C=O) groups is 1. The molecule has 5 nitrogen and oxygen atoms in total. The van der Waals surface area contributed by atoms with Gasteiger partial charge in [0.25, 0.3) is 0 Å². The van der Waals surface area contributed by atoms with E-state index in [0.717, 1.165) is 5.56 Å². The molecular formula is C22H19NO4S. The Balaban J connectivity index is 1.60. The molecule has 3 aromatic rings. The molecule has 28 heavy (non-hydrogen) atoms. The van der Waals surface area contributed by atoms with Gasteiger partial charge in [0.2, 0.25) is 5.91 Å². The second kappa shape index (κ2) is 7.48. The summed E-state index contributed by atoms with van der Waals surface area (Å²) in [5.74, 6) is 0.460. The van der Waals surface area contributed by atoms with Gasteiger partial charge in [0.05, 0.1) is 0 Å². The van der Waals surface area contributed by atoms with Crippen molar-refractivity contribution in [3.63, 3.8) is 0 Å². The average molecular weight is 393 g/mol. The zero-order valence-corrected chi connectivity index (χ0v) is 15.9. The van der Waals surface area contributed by atoms with Gasteiger partial charge in [-0.15, -0.1) is 0 Å². The van der Waals surface area contributed by atoms with Crippen molar-refractivity contribution in [3.8, 4) is 11.5 Å². The fraction of sp³-hybridized carbons (Fsp3) is 0.136. The maximum absolute atomic E-state index is 12.7. The zero-order valence-electron chi connectivity index (χ0n) is 15.1. The van der Waals surface area contributed by atoms with Gasteiger partial charge in [0.1, 0.15) is 17.3 Å². The van der Waals surface area contributed by atoms with E-state index in [-0.39, 0.29) is 12.5 Å². The lowest BCUT2D eigenvalue weighted by Gasteiger charge is -2.24. The third-order valence-electron chi connectivity index (χ3n) is 4.61. The number of carbonyl (C=O) groups excluding carboxylic acids is 1. The van der Waals surface area contributed by atoms with Gasteiger partial charge in [-0.3, -0.25) is 4.79 Å². The van der Waals surface area contributed by atoms with Crippen LogP contribution in [0.15, 0.2) is 84.9 Å². The average Bonchev–Trinajstić information content (AvgIpc) is 2.92. The molecule has 1 fully saturated rings. The van der Waals surface area contributed by atoms with Gasteiger partial charge in [-0.05, 0) is 35.4 Å². The molecule has 0 aromatic heterocycles. The summed E-state index contributed by atoms with van der Waals surface area (Å²) in [5, 5.41) is -0.981. The van der Waals surface area contributed by atoms with Gasteiger partial charge in [0, 0.05) is 6.54 Å². The first-order valence-corrected chi connectivity index (χ1v) is 10.6. The van der Waals surface area contributed by atoms with Crippen LogP contribution in [0.5, 0.6) is 11.5 Å². The molecule has 0 radical (unpaired) electrons.